The Morgan fingerprint density at radius 1 is 1.09 bits per heavy atom. The Hall–Kier alpha value is -1.51. The number of anilines is 1. The molecule has 4 fully saturated rings. The molecule has 5 rings (SSSR count). The van der Waals surface area contributed by atoms with Gasteiger partial charge in [-0.1, -0.05) is 0 Å². The Labute approximate surface area is 138 Å². The monoisotopic (exact) mass is 313 g/mol. The van der Waals surface area contributed by atoms with Crippen LogP contribution in [0.4, 0.5) is 5.69 Å². The van der Waals surface area contributed by atoms with Crippen LogP contribution in [0.5, 0.6) is 5.75 Å². The van der Waals surface area contributed by atoms with Gasteiger partial charge in [0.2, 0.25) is 0 Å². The Balaban J connectivity index is 1.33. The average molecular weight is 313 g/mol. The van der Waals surface area contributed by atoms with Gasteiger partial charge in [-0.2, -0.15) is 0 Å². The van der Waals surface area contributed by atoms with Crippen LogP contribution < -0.4 is 10.1 Å². The summed E-state index contributed by atoms with van der Waals surface area (Å²) in [5, 5.41) is 3.09. The van der Waals surface area contributed by atoms with Gasteiger partial charge >= 0.3 is 0 Å². The standard InChI is InChI=1S/C20H27NO2/c1-21-17-2-4-18(5-3-17)23-7-6-19(22)20-11-14-8-15(12-20)10-16(9-14)13-20/h2-5,14-16,21H,6-13H2,1H3. The van der Waals surface area contributed by atoms with E-state index >= 15 is 0 Å². The van der Waals surface area contributed by atoms with Crippen molar-refractivity contribution in [2.24, 2.45) is 23.2 Å². The molecule has 1 aromatic carbocycles. The summed E-state index contributed by atoms with van der Waals surface area (Å²) in [7, 11) is 1.90. The van der Waals surface area contributed by atoms with Gasteiger partial charge < -0.3 is 10.1 Å². The Morgan fingerprint density at radius 3 is 2.17 bits per heavy atom. The van der Waals surface area contributed by atoms with Gasteiger partial charge in [-0.25, -0.2) is 0 Å². The Kier molecular flexibility index (Phi) is 3.82. The normalized spacial score (nSPS) is 34.4. The molecule has 0 aromatic heterocycles. The second-order valence-electron chi connectivity index (χ2n) is 7.99. The summed E-state index contributed by atoms with van der Waals surface area (Å²) in [5.74, 6) is 3.83. The molecule has 3 heteroatoms. The van der Waals surface area contributed by atoms with E-state index in [4.69, 9.17) is 4.74 Å². The molecule has 0 saturated heterocycles. The summed E-state index contributed by atoms with van der Waals surface area (Å²) in [4.78, 5) is 12.9. The smallest absolute Gasteiger partial charge is 0.142 e. The number of carbonyl (C=O) groups excluding carboxylic acids is 1. The molecule has 0 aliphatic heterocycles. The van der Waals surface area contributed by atoms with Crippen LogP contribution in [0.1, 0.15) is 44.9 Å². The predicted molar refractivity (Wildman–Crippen MR) is 91.7 cm³/mol. The summed E-state index contributed by atoms with van der Waals surface area (Å²) in [5.41, 5.74) is 1.09. The first kappa shape index (κ1) is 15.0. The first-order valence-electron chi connectivity index (χ1n) is 9.11. The number of carbonyl (C=O) groups is 1. The first-order valence-corrected chi connectivity index (χ1v) is 9.11. The van der Waals surface area contributed by atoms with Crippen molar-refractivity contribution in [3.8, 4) is 5.75 Å². The Bertz CT molecular complexity index is 543. The molecule has 4 aliphatic carbocycles. The van der Waals surface area contributed by atoms with Crippen LogP contribution in [0.25, 0.3) is 0 Å². The lowest BCUT2D eigenvalue weighted by atomic mass is 9.48. The fourth-order valence-corrected chi connectivity index (χ4v) is 5.70. The van der Waals surface area contributed by atoms with E-state index in [1.165, 1.54) is 19.3 Å². The molecule has 124 valence electrons. The van der Waals surface area contributed by atoms with E-state index in [1.807, 2.05) is 31.3 Å². The molecular weight excluding hydrogens is 286 g/mol. The molecule has 4 saturated carbocycles. The lowest BCUT2D eigenvalue weighted by Crippen LogP contribution is -2.50. The number of nitrogens with one attached hydrogen (secondary N) is 1. The molecule has 23 heavy (non-hydrogen) atoms. The third kappa shape index (κ3) is 2.86. The summed E-state index contributed by atoms with van der Waals surface area (Å²) in [6, 6.07) is 7.91. The second-order valence-corrected chi connectivity index (χ2v) is 7.99. The highest BCUT2D eigenvalue weighted by atomic mass is 16.5. The first-order chi connectivity index (χ1) is 11.2. The second kappa shape index (κ2) is 5.85. The van der Waals surface area contributed by atoms with Gasteiger partial charge in [-0.05, 0) is 80.5 Å². The number of ketones is 1. The minimum atomic E-state index is 0.0219. The van der Waals surface area contributed by atoms with Gasteiger partial charge in [0.05, 0.1) is 6.61 Å². The fraction of sp³-hybridized carbons (Fsp3) is 0.650. The van der Waals surface area contributed by atoms with Crippen molar-refractivity contribution >= 4 is 11.5 Å². The molecule has 0 unspecified atom stereocenters. The summed E-state index contributed by atoms with van der Waals surface area (Å²) < 4.78 is 5.79. The molecule has 1 aromatic rings. The lowest BCUT2D eigenvalue weighted by molar-refractivity contribution is -0.144. The number of hydrogen-bond donors (Lipinski definition) is 1. The summed E-state index contributed by atoms with van der Waals surface area (Å²) in [6.45, 7) is 0.513. The van der Waals surface area contributed by atoms with Crippen molar-refractivity contribution in [3.63, 3.8) is 0 Å². The van der Waals surface area contributed by atoms with E-state index in [2.05, 4.69) is 5.32 Å². The van der Waals surface area contributed by atoms with E-state index in [0.29, 0.717) is 18.8 Å². The number of ether oxygens (including phenoxy) is 1. The van der Waals surface area contributed by atoms with Crippen molar-refractivity contribution in [2.75, 3.05) is 19.0 Å². The molecule has 4 bridgehead atoms. The number of hydrogen-bond acceptors (Lipinski definition) is 3. The van der Waals surface area contributed by atoms with Gasteiger partial charge in [0, 0.05) is 24.6 Å². The molecule has 0 heterocycles. The third-order valence-electron chi connectivity index (χ3n) is 6.37. The zero-order valence-corrected chi connectivity index (χ0v) is 14.0. The predicted octanol–water partition coefficient (Wildman–Crippen LogP) is 4.28. The summed E-state index contributed by atoms with van der Waals surface area (Å²) in [6.07, 6.45) is 8.22. The van der Waals surface area contributed by atoms with E-state index < -0.39 is 0 Å². The zero-order valence-electron chi connectivity index (χ0n) is 14.0. The topological polar surface area (TPSA) is 38.3 Å². The fourth-order valence-electron chi connectivity index (χ4n) is 5.70. The van der Waals surface area contributed by atoms with Crippen molar-refractivity contribution in [1.29, 1.82) is 0 Å². The SMILES string of the molecule is CNc1ccc(OCCC(=O)C23CC4CC(CC(C4)C2)C3)cc1. The van der Waals surface area contributed by atoms with Crippen LogP contribution in [-0.2, 0) is 4.79 Å². The third-order valence-corrected chi connectivity index (χ3v) is 6.37. The van der Waals surface area contributed by atoms with Crippen molar-refractivity contribution in [3.05, 3.63) is 24.3 Å². The molecule has 3 nitrogen and oxygen atoms in total. The van der Waals surface area contributed by atoms with Crippen molar-refractivity contribution in [2.45, 2.75) is 44.9 Å². The number of rotatable bonds is 6. The largest absolute Gasteiger partial charge is 0.493 e. The van der Waals surface area contributed by atoms with Crippen LogP contribution in [0, 0.1) is 23.2 Å². The van der Waals surface area contributed by atoms with Crippen LogP contribution in [-0.4, -0.2) is 19.4 Å². The van der Waals surface area contributed by atoms with Crippen LogP contribution in [0.2, 0.25) is 0 Å². The van der Waals surface area contributed by atoms with Crippen LogP contribution >= 0.6 is 0 Å². The highest BCUT2D eigenvalue weighted by Gasteiger charge is 2.53. The van der Waals surface area contributed by atoms with Crippen molar-refractivity contribution in [1.82, 2.24) is 0 Å². The minimum absolute atomic E-state index is 0.0219. The van der Waals surface area contributed by atoms with Crippen molar-refractivity contribution < 1.29 is 9.53 Å². The number of Topliss-reactive ketones (excluding diaryl/α,β-unsaturated/α-hetero) is 1. The minimum Gasteiger partial charge on any atom is -0.493 e. The highest BCUT2D eigenvalue weighted by Crippen LogP contribution is 2.60. The molecule has 4 aliphatic rings. The van der Waals surface area contributed by atoms with Gasteiger partial charge in [0.25, 0.3) is 0 Å². The lowest BCUT2D eigenvalue weighted by Gasteiger charge is -2.56. The van der Waals surface area contributed by atoms with Gasteiger partial charge in [0.1, 0.15) is 11.5 Å². The molecule has 0 atom stereocenters. The van der Waals surface area contributed by atoms with E-state index in [1.54, 1.807) is 0 Å². The maximum atomic E-state index is 12.9. The van der Waals surface area contributed by atoms with E-state index in [0.717, 1.165) is 48.5 Å². The highest BCUT2D eigenvalue weighted by molar-refractivity contribution is 5.85. The van der Waals surface area contributed by atoms with Crippen LogP contribution in [0.15, 0.2) is 24.3 Å². The molecule has 0 amide bonds. The molecule has 0 radical (unpaired) electrons. The van der Waals surface area contributed by atoms with Gasteiger partial charge in [-0.3, -0.25) is 4.79 Å². The molecular formula is C20H27NO2. The number of benzene rings is 1. The zero-order chi connectivity index (χ0) is 15.9. The average Bonchev–Trinajstić information content (AvgIpc) is 2.54. The van der Waals surface area contributed by atoms with Crippen LogP contribution in [0.3, 0.4) is 0 Å². The maximum absolute atomic E-state index is 12.9. The Morgan fingerprint density at radius 2 is 1.65 bits per heavy atom. The summed E-state index contributed by atoms with van der Waals surface area (Å²) >= 11 is 0. The van der Waals surface area contributed by atoms with Gasteiger partial charge in [0.15, 0.2) is 0 Å². The molecule has 0 spiro atoms. The van der Waals surface area contributed by atoms with Gasteiger partial charge in [-0.15, -0.1) is 0 Å². The van der Waals surface area contributed by atoms with E-state index in [-0.39, 0.29) is 5.41 Å². The van der Waals surface area contributed by atoms with E-state index in [9.17, 15) is 4.79 Å². The quantitative estimate of drug-likeness (QED) is 0.851. The maximum Gasteiger partial charge on any atom is 0.142 e. The molecule has 1 N–H and O–H groups in total.